The lowest BCUT2D eigenvalue weighted by Crippen LogP contribution is -2.29. The normalized spacial score (nSPS) is 11.3. The Balaban J connectivity index is 2.64. The molecule has 0 radical (unpaired) electrons. The number of benzene rings is 1. The quantitative estimate of drug-likeness (QED) is 0.634. The maximum atomic E-state index is 11.9. The number of sulfonamides is 1. The highest BCUT2D eigenvalue weighted by Crippen LogP contribution is 2.10. The van der Waals surface area contributed by atoms with Gasteiger partial charge in [0.15, 0.2) is 0 Å². The Kier molecular flexibility index (Phi) is 5.94. The third kappa shape index (κ3) is 4.98. The van der Waals surface area contributed by atoms with Gasteiger partial charge in [0.1, 0.15) is 0 Å². The summed E-state index contributed by atoms with van der Waals surface area (Å²) in [5.74, 6) is -0.207. The highest BCUT2D eigenvalue weighted by molar-refractivity contribution is 7.89. The van der Waals surface area contributed by atoms with E-state index in [1.165, 1.54) is 19.2 Å². The molecule has 4 N–H and O–H groups in total. The largest absolute Gasteiger partial charge is 0.359 e. The van der Waals surface area contributed by atoms with Gasteiger partial charge in [0, 0.05) is 20.0 Å². The highest BCUT2D eigenvalue weighted by Gasteiger charge is 2.13. The first-order valence-corrected chi connectivity index (χ1v) is 7.47. The molecule has 0 saturated heterocycles. The molecule has 0 spiro atoms. The molecule has 0 aliphatic carbocycles. The fourth-order valence-corrected chi connectivity index (χ4v) is 2.54. The molecule has 7 heteroatoms. The Morgan fingerprint density at radius 1 is 1.26 bits per heavy atom. The molecule has 0 aromatic heterocycles. The summed E-state index contributed by atoms with van der Waals surface area (Å²) in [6.45, 7) is 0.600. The van der Waals surface area contributed by atoms with Crippen LogP contribution in [0.3, 0.4) is 0 Å². The average Bonchev–Trinajstić information content (AvgIpc) is 2.39. The number of hydrogen-bond acceptors (Lipinski definition) is 4. The van der Waals surface area contributed by atoms with E-state index in [0.29, 0.717) is 13.0 Å². The summed E-state index contributed by atoms with van der Waals surface area (Å²) in [5, 5.41) is 2.43. The minimum atomic E-state index is -3.56. The lowest BCUT2D eigenvalue weighted by molar-refractivity contribution is -0.120. The monoisotopic (exact) mass is 285 g/mol. The number of nitrogens with two attached hydrogens (primary N) is 1. The predicted octanol–water partition coefficient (Wildman–Crippen LogP) is -0.398. The smallest absolute Gasteiger partial charge is 0.240 e. The fourth-order valence-electron chi connectivity index (χ4n) is 1.51. The Bertz CT molecular complexity index is 512. The van der Waals surface area contributed by atoms with Gasteiger partial charge in [-0.05, 0) is 30.7 Å². The van der Waals surface area contributed by atoms with Crippen LogP contribution in [0.5, 0.6) is 0 Å². The number of carbonyl (C=O) groups is 1. The van der Waals surface area contributed by atoms with Gasteiger partial charge < -0.3 is 11.1 Å². The molecule has 19 heavy (non-hydrogen) atoms. The minimum Gasteiger partial charge on any atom is -0.359 e. The van der Waals surface area contributed by atoms with Gasteiger partial charge in [0.25, 0.3) is 0 Å². The van der Waals surface area contributed by atoms with E-state index in [1.54, 1.807) is 12.1 Å². The van der Waals surface area contributed by atoms with Gasteiger partial charge in [-0.15, -0.1) is 0 Å². The molecular formula is C12H19N3O3S. The number of rotatable bonds is 7. The van der Waals surface area contributed by atoms with Gasteiger partial charge in [0.05, 0.1) is 4.90 Å². The van der Waals surface area contributed by atoms with E-state index in [9.17, 15) is 13.2 Å². The molecule has 1 amide bonds. The Morgan fingerprint density at radius 3 is 2.42 bits per heavy atom. The van der Waals surface area contributed by atoms with Crippen LogP contribution in [0.15, 0.2) is 29.2 Å². The number of amides is 1. The van der Waals surface area contributed by atoms with Crippen LogP contribution in [0.4, 0.5) is 0 Å². The summed E-state index contributed by atoms with van der Waals surface area (Å²) in [5.41, 5.74) is 6.42. The predicted molar refractivity (Wildman–Crippen MR) is 73.1 cm³/mol. The van der Waals surface area contributed by atoms with Crippen molar-refractivity contribution in [1.82, 2.24) is 10.0 Å². The van der Waals surface area contributed by atoms with Gasteiger partial charge in [-0.1, -0.05) is 12.1 Å². The van der Waals surface area contributed by atoms with Crippen LogP contribution in [-0.4, -0.2) is 34.5 Å². The zero-order chi connectivity index (χ0) is 14.3. The van der Waals surface area contributed by atoms with Crippen molar-refractivity contribution in [3.05, 3.63) is 29.8 Å². The van der Waals surface area contributed by atoms with Crippen molar-refractivity contribution in [2.75, 3.05) is 20.1 Å². The average molecular weight is 285 g/mol. The van der Waals surface area contributed by atoms with Crippen molar-refractivity contribution < 1.29 is 13.2 Å². The van der Waals surface area contributed by atoms with E-state index in [2.05, 4.69) is 10.0 Å². The first-order valence-electron chi connectivity index (χ1n) is 5.99. The molecule has 0 heterocycles. The number of carbonyl (C=O) groups excluding carboxylic acids is 1. The van der Waals surface area contributed by atoms with Gasteiger partial charge >= 0.3 is 0 Å². The summed E-state index contributed by atoms with van der Waals surface area (Å²) in [6.07, 6.45) is 0.825. The van der Waals surface area contributed by atoms with Crippen LogP contribution < -0.4 is 15.8 Å². The topological polar surface area (TPSA) is 101 Å². The molecule has 0 atom stereocenters. The summed E-state index contributed by atoms with van der Waals surface area (Å²) in [6, 6.07) is 6.54. The van der Waals surface area contributed by atoms with Crippen molar-refractivity contribution in [2.45, 2.75) is 17.7 Å². The molecule has 1 aromatic rings. The molecule has 1 aromatic carbocycles. The Labute approximate surface area is 113 Å². The maximum Gasteiger partial charge on any atom is 0.240 e. The zero-order valence-electron chi connectivity index (χ0n) is 10.8. The first kappa shape index (κ1) is 15.6. The van der Waals surface area contributed by atoms with E-state index < -0.39 is 10.0 Å². The summed E-state index contributed by atoms with van der Waals surface area (Å²) >= 11 is 0. The van der Waals surface area contributed by atoms with Crippen molar-refractivity contribution in [2.24, 2.45) is 5.73 Å². The van der Waals surface area contributed by atoms with E-state index in [4.69, 9.17) is 5.73 Å². The van der Waals surface area contributed by atoms with E-state index >= 15 is 0 Å². The molecule has 0 saturated carbocycles. The summed E-state index contributed by atoms with van der Waals surface area (Å²) in [4.78, 5) is 11.2. The Morgan fingerprint density at radius 2 is 1.89 bits per heavy atom. The lowest BCUT2D eigenvalue weighted by atomic mass is 10.2. The molecule has 0 aliphatic rings. The second-order valence-corrected chi connectivity index (χ2v) is 5.77. The van der Waals surface area contributed by atoms with Crippen LogP contribution >= 0.6 is 0 Å². The molecule has 106 valence electrons. The van der Waals surface area contributed by atoms with Crippen molar-refractivity contribution in [3.63, 3.8) is 0 Å². The summed E-state index contributed by atoms with van der Waals surface area (Å²) < 4.78 is 26.2. The number of hydrogen-bond donors (Lipinski definition) is 3. The van der Waals surface area contributed by atoms with E-state index in [1.807, 2.05) is 0 Å². The third-order valence-corrected chi connectivity index (χ3v) is 4.07. The van der Waals surface area contributed by atoms with Crippen molar-refractivity contribution in [1.29, 1.82) is 0 Å². The first-order chi connectivity index (χ1) is 8.99. The van der Waals surface area contributed by atoms with Gasteiger partial charge in [-0.3, -0.25) is 4.79 Å². The lowest BCUT2D eigenvalue weighted by Gasteiger charge is -2.07. The van der Waals surface area contributed by atoms with E-state index in [-0.39, 0.29) is 23.8 Å². The molecule has 0 aliphatic heterocycles. The van der Waals surface area contributed by atoms with Crippen LogP contribution in [0.2, 0.25) is 0 Å². The molecule has 0 bridgehead atoms. The second kappa shape index (κ2) is 7.22. The second-order valence-electron chi connectivity index (χ2n) is 4.00. The van der Waals surface area contributed by atoms with Crippen LogP contribution in [-0.2, 0) is 21.2 Å². The van der Waals surface area contributed by atoms with Gasteiger partial charge in [0.2, 0.25) is 15.9 Å². The van der Waals surface area contributed by atoms with Crippen molar-refractivity contribution in [3.8, 4) is 0 Å². The van der Waals surface area contributed by atoms with Crippen LogP contribution in [0.25, 0.3) is 0 Å². The molecule has 6 nitrogen and oxygen atoms in total. The zero-order valence-corrected chi connectivity index (χ0v) is 11.7. The summed E-state index contributed by atoms with van der Waals surface area (Å²) in [7, 11) is -2.05. The maximum absolute atomic E-state index is 11.9. The fraction of sp³-hybridized carbons (Fsp3) is 0.417. The van der Waals surface area contributed by atoms with E-state index in [0.717, 1.165) is 5.56 Å². The highest BCUT2D eigenvalue weighted by atomic mass is 32.2. The van der Waals surface area contributed by atoms with Crippen molar-refractivity contribution >= 4 is 15.9 Å². The van der Waals surface area contributed by atoms with Crippen LogP contribution in [0.1, 0.15) is 12.0 Å². The van der Waals surface area contributed by atoms with Crippen LogP contribution in [0, 0.1) is 0 Å². The molecule has 0 fully saturated rings. The standard InChI is InChI=1S/C12H19N3O3S/c1-14-12(16)7-9-15-19(17,18)11-4-2-10(3-5-11)6-8-13/h2-5,15H,6-9,13H2,1H3,(H,14,16). The SMILES string of the molecule is CNC(=O)CCNS(=O)(=O)c1ccc(CCN)cc1. The molecule has 0 unspecified atom stereocenters. The minimum absolute atomic E-state index is 0.0760. The van der Waals surface area contributed by atoms with Gasteiger partial charge in [-0.25, -0.2) is 13.1 Å². The molecule has 1 rings (SSSR count). The molecular weight excluding hydrogens is 266 g/mol. The van der Waals surface area contributed by atoms with Gasteiger partial charge in [-0.2, -0.15) is 0 Å². The number of nitrogens with one attached hydrogen (secondary N) is 2. The Hall–Kier alpha value is -1.44. The third-order valence-electron chi connectivity index (χ3n) is 2.59.